The molecule has 6 nitrogen and oxygen atoms in total. The normalized spacial score (nSPS) is 20.9. The van der Waals surface area contributed by atoms with Crippen molar-refractivity contribution in [1.29, 1.82) is 0 Å². The number of hydrogen-bond acceptors (Lipinski definition) is 4. The average molecular weight is 242 g/mol. The highest BCUT2D eigenvalue weighted by Gasteiger charge is 2.25. The molecule has 0 aliphatic carbocycles. The maximum absolute atomic E-state index is 12.3. The van der Waals surface area contributed by atoms with Gasteiger partial charge < -0.3 is 5.11 Å². The molecule has 0 radical (unpaired) electrons. The molecule has 0 aromatic carbocycles. The summed E-state index contributed by atoms with van der Waals surface area (Å²) in [5.41, 5.74) is -0.0555. The van der Waals surface area contributed by atoms with E-state index in [2.05, 4.69) is 15.2 Å². The van der Waals surface area contributed by atoms with Gasteiger partial charge in [0.1, 0.15) is 6.67 Å². The Labute approximate surface area is 98.0 Å². The topological polar surface area (TPSA) is 71.2 Å². The molecule has 2 heterocycles. The summed E-state index contributed by atoms with van der Waals surface area (Å²) in [6.45, 7) is 1.55. The molecule has 1 fully saturated rings. The second-order valence-electron chi connectivity index (χ2n) is 4.15. The van der Waals surface area contributed by atoms with Crippen LogP contribution in [0.4, 0.5) is 4.39 Å². The van der Waals surface area contributed by atoms with Crippen LogP contribution in [-0.4, -0.2) is 56.8 Å². The van der Waals surface area contributed by atoms with Gasteiger partial charge in [0.25, 0.3) is 0 Å². The first-order valence-corrected chi connectivity index (χ1v) is 5.64. The molecule has 7 heteroatoms. The molecule has 94 valence electrons. The number of hydrogen-bond donors (Lipinski definition) is 1. The molecule has 0 spiro atoms. The van der Waals surface area contributed by atoms with Crippen LogP contribution in [0.15, 0.2) is 6.20 Å². The summed E-state index contributed by atoms with van der Waals surface area (Å²) in [6.07, 6.45) is 3.45. The van der Waals surface area contributed by atoms with Crippen molar-refractivity contribution in [3.8, 4) is 0 Å². The Hall–Kier alpha value is -1.50. The van der Waals surface area contributed by atoms with Gasteiger partial charge in [-0.1, -0.05) is 5.21 Å². The number of nitrogens with zero attached hydrogens (tertiary/aromatic N) is 4. The number of carboxylic acids is 1. The molecule has 1 aromatic heterocycles. The number of rotatable bonds is 5. The summed E-state index contributed by atoms with van der Waals surface area (Å²) < 4.78 is 13.8. The van der Waals surface area contributed by atoms with E-state index in [1.54, 1.807) is 0 Å². The number of alkyl halides is 1. The number of carboxylic acid groups (broad SMARTS) is 1. The molecule has 1 aromatic rings. The van der Waals surface area contributed by atoms with Gasteiger partial charge in [-0.3, -0.25) is 9.58 Å². The Balaban J connectivity index is 1.97. The van der Waals surface area contributed by atoms with Crippen LogP contribution in [0.3, 0.4) is 0 Å². The molecule has 0 unspecified atom stereocenters. The molecule has 1 aliphatic rings. The van der Waals surface area contributed by atoms with E-state index in [0.29, 0.717) is 13.1 Å². The van der Waals surface area contributed by atoms with Gasteiger partial charge in [0, 0.05) is 12.6 Å². The van der Waals surface area contributed by atoms with E-state index in [0.717, 1.165) is 19.4 Å². The first kappa shape index (κ1) is 12.0. The largest absolute Gasteiger partial charge is 0.476 e. The number of aromatic nitrogens is 3. The highest BCUT2D eigenvalue weighted by Crippen LogP contribution is 2.18. The zero-order chi connectivity index (χ0) is 12.3. The van der Waals surface area contributed by atoms with Crippen molar-refractivity contribution in [3.63, 3.8) is 0 Å². The molecule has 1 saturated heterocycles. The molecule has 2 rings (SSSR count). The Kier molecular flexibility index (Phi) is 3.68. The van der Waals surface area contributed by atoms with E-state index in [-0.39, 0.29) is 18.4 Å². The van der Waals surface area contributed by atoms with Crippen molar-refractivity contribution in [3.05, 3.63) is 11.9 Å². The quantitative estimate of drug-likeness (QED) is 0.809. The summed E-state index contributed by atoms with van der Waals surface area (Å²) in [4.78, 5) is 12.7. The summed E-state index contributed by atoms with van der Waals surface area (Å²) in [6, 6.07) is 0.231. The first-order valence-electron chi connectivity index (χ1n) is 5.64. The SMILES string of the molecule is O=C(O)c1cn(C[C@@H]2CCCN2CCF)nn1. The third-order valence-electron chi connectivity index (χ3n) is 3.03. The fraction of sp³-hybridized carbons (Fsp3) is 0.700. The molecular weight excluding hydrogens is 227 g/mol. The van der Waals surface area contributed by atoms with Crippen LogP contribution in [0.5, 0.6) is 0 Å². The summed E-state index contributed by atoms with van der Waals surface area (Å²) in [7, 11) is 0. The molecule has 0 saturated carbocycles. The van der Waals surface area contributed by atoms with Crippen molar-refractivity contribution in [2.75, 3.05) is 19.8 Å². The summed E-state index contributed by atoms with van der Waals surface area (Å²) in [5, 5.41) is 16.0. The third kappa shape index (κ3) is 2.79. The number of aromatic carboxylic acids is 1. The van der Waals surface area contributed by atoms with Crippen LogP contribution in [0.1, 0.15) is 23.3 Å². The van der Waals surface area contributed by atoms with Crippen LogP contribution >= 0.6 is 0 Å². The minimum atomic E-state index is -1.08. The van der Waals surface area contributed by atoms with Crippen molar-refractivity contribution in [2.45, 2.75) is 25.4 Å². The highest BCUT2D eigenvalue weighted by atomic mass is 19.1. The molecule has 0 amide bonds. The van der Waals surface area contributed by atoms with Crippen molar-refractivity contribution >= 4 is 5.97 Å². The minimum Gasteiger partial charge on any atom is -0.476 e. The van der Waals surface area contributed by atoms with E-state index in [9.17, 15) is 9.18 Å². The third-order valence-corrected chi connectivity index (χ3v) is 3.03. The lowest BCUT2D eigenvalue weighted by molar-refractivity contribution is 0.0690. The standard InChI is InChI=1S/C10H15FN4O2/c11-3-5-14-4-1-2-8(14)6-15-7-9(10(16)17)12-13-15/h7-8H,1-6H2,(H,16,17)/t8-/m0/s1. The highest BCUT2D eigenvalue weighted by molar-refractivity contribution is 5.84. The van der Waals surface area contributed by atoms with Crippen LogP contribution in [-0.2, 0) is 6.54 Å². The van der Waals surface area contributed by atoms with E-state index in [4.69, 9.17) is 5.11 Å². The Morgan fingerprint density at radius 1 is 1.65 bits per heavy atom. The molecule has 1 N–H and O–H groups in total. The van der Waals surface area contributed by atoms with Gasteiger partial charge in [-0.2, -0.15) is 0 Å². The van der Waals surface area contributed by atoms with Crippen molar-refractivity contribution < 1.29 is 14.3 Å². The van der Waals surface area contributed by atoms with Crippen molar-refractivity contribution in [1.82, 2.24) is 19.9 Å². The molecule has 1 aliphatic heterocycles. The van der Waals surface area contributed by atoms with Gasteiger partial charge in [-0.05, 0) is 19.4 Å². The van der Waals surface area contributed by atoms with E-state index in [1.807, 2.05) is 0 Å². The zero-order valence-corrected chi connectivity index (χ0v) is 9.42. The second-order valence-corrected chi connectivity index (χ2v) is 4.15. The fourth-order valence-electron chi connectivity index (χ4n) is 2.21. The van der Waals surface area contributed by atoms with E-state index in [1.165, 1.54) is 10.9 Å². The van der Waals surface area contributed by atoms with Gasteiger partial charge in [-0.15, -0.1) is 5.10 Å². The molecule has 1 atom stereocenters. The van der Waals surface area contributed by atoms with Gasteiger partial charge in [0.15, 0.2) is 5.69 Å². The fourth-order valence-corrected chi connectivity index (χ4v) is 2.21. The summed E-state index contributed by atoms with van der Waals surface area (Å²) >= 11 is 0. The smallest absolute Gasteiger partial charge is 0.358 e. The Morgan fingerprint density at radius 2 is 2.47 bits per heavy atom. The van der Waals surface area contributed by atoms with Crippen molar-refractivity contribution in [2.24, 2.45) is 0 Å². The second kappa shape index (κ2) is 5.22. The zero-order valence-electron chi connectivity index (χ0n) is 9.42. The predicted octanol–water partition coefficient (Wildman–Crippen LogP) is 0.410. The van der Waals surface area contributed by atoms with Gasteiger partial charge in [-0.25, -0.2) is 9.18 Å². The maximum atomic E-state index is 12.3. The minimum absolute atomic E-state index is 0.0555. The first-order chi connectivity index (χ1) is 8.20. The van der Waals surface area contributed by atoms with Gasteiger partial charge in [0.05, 0.1) is 12.7 Å². The molecule has 17 heavy (non-hydrogen) atoms. The van der Waals surface area contributed by atoms with Gasteiger partial charge >= 0.3 is 5.97 Å². The lowest BCUT2D eigenvalue weighted by Gasteiger charge is -2.22. The van der Waals surface area contributed by atoms with Crippen LogP contribution in [0.25, 0.3) is 0 Å². The molecular formula is C10H15FN4O2. The summed E-state index contributed by atoms with van der Waals surface area (Å²) in [5.74, 6) is -1.08. The average Bonchev–Trinajstić information content (AvgIpc) is 2.90. The Bertz CT molecular complexity index is 395. The lowest BCUT2D eigenvalue weighted by Crippen LogP contribution is -2.34. The van der Waals surface area contributed by atoms with Crippen LogP contribution < -0.4 is 0 Å². The number of likely N-dealkylation sites (tertiary alicyclic amines) is 1. The van der Waals surface area contributed by atoms with E-state index < -0.39 is 5.97 Å². The predicted molar refractivity (Wildman–Crippen MR) is 57.6 cm³/mol. The Morgan fingerprint density at radius 3 is 3.12 bits per heavy atom. The molecule has 0 bridgehead atoms. The lowest BCUT2D eigenvalue weighted by atomic mass is 10.2. The number of halogens is 1. The van der Waals surface area contributed by atoms with Gasteiger partial charge in [0.2, 0.25) is 0 Å². The number of carbonyl (C=O) groups is 1. The van der Waals surface area contributed by atoms with E-state index >= 15 is 0 Å². The maximum Gasteiger partial charge on any atom is 0.358 e. The van der Waals surface area contributed by atoms with Crippen LogP contribution in [0.2, 0.25) is 0 Å². The monoisotopic (exact) mass is 242 g/mol. The van der Waals surface area contributed by atoms with Crippen LogP contribution in [0, 0.1) is 0 Å².